The zero-order chi connectivity index (χ0) is 14.9. The van der Waals surface area contributed by atoms with Gasteiger partial charge in [0.1, 0.15) is 5.82 Å². The predicted octanol–water partition coefficient (Wildman–Crippen LogP) is 4.31. The number of rotatable bonds is 6. The third kappa shape index (κ3) is 2.87. The summed E-state index contributed by atoms with van der Waals surface area (Å²) >= 11 is 0. The van der Waals surface area contributed by atoms with Gasteiger partial charge in [-0.15, -0.1) is 0 Å². The molecule has 2 fully saturated rings. The Bertz CT molecular complexity index is 656. The summed E-state index contributed by atoms with van der Waals surface area (Å²) in [5.74, 6) is 1.26. The Labute approximate surface area is 130 Å². The van der Waals surface area contributed by atoms with Crippen molar-refractivity contribution in [2.75, 3.05) is 5.32 Å². The topological polar surface area (TPSA) is 29.9 Å². The molecule has 1 aromatic heterocycles. The predicted molar refractivity (Wildman–Crippen MR) is 85.3 cm³/mol. The van der Waals surface area contributed by atoms with Crippen LogP contribution in [-0.2, 0) is 13.1 Å². The van der Waals surface area contributed by atoms with Gasteiger partial charge in [-0.05, 0) is 49.1 Å². The molecular weight excluding hydrogens is 277 g/mol. The minimum atomic E-state index is -0.0984. The van der Waals surface area contributed by atoms with Crippen molar-refractivity contribution in [1.82, 2.24) is 9.78 Å². The van der Waals surface area contributed by atoms with Crippen LogP contribution in [0, 0.1) is 11.7 Å². The minimum Gasteiger partial charge on any atom is -0.378 e. The first-order chi connectivity index (χ1) is 10.8. The molecule has 2 aliphatic rings. The van der Waals surface area contributed by atoms with Gasteiger partial charge >= 0.3 is 0 Å². The maximum atomic E-state index is 14.1. The normalized spacial score (nSPS) is 18.2. The van der Waals surface area contributed by atoms with Gasteiger partial charge in [-0.2, -0.15) is 5.10 Å². The molecule has 0 radical (unpaired) electrons. The van der Waals surface area contributed by atoms with E-state index < -0.39 is 0 Å². The number of hydrogen-bond donors (Lipinski definition) is 1. The lowest BCUT2D eigenvalue weighted by Crippen LogP contribution is -2.18. The molecule has 2 aromatic rings. The maximum absolute atomic E-state index is 14.1. The molecule has 0 saturated heterocycles. The molecule has 0 spiro atoms. The van der Waals surface area contributed by atoms with Crippen LogP contribution in [0.1, 0.15) is 49.1 Å². The Morgan fingerprint density at radius 2 is 2.09 bits per heavy atom. The Morgan fingerprint density at radius 3 is 2.82 bits per heavy atom. The second-order valence-electron chi connectivity index (χ2n) is 6.68. The lowest BCUT2D eigenvalue weighted by Gasteiger charge is -2.24. The lowest BCUT2D eigenvalue weighted by molar-refractivity contribution is 0.266. The van der Waals surface area contributed by atoms with Gasteiger partial charge in [-0.1, -0.05) is 18.6 Å². The molecule has 0 atom stereocenters. The van der Waals surface area contributed by atoms with Crippen molar-refractivity contribution >= 4 is 5.69 Å². The molecule has 4 rings (SSSR count). The monoisotopic (exact) mass is 299 g/mol. The third-order valence-corrected chi connectivity index (χ3v) is 4.94. The molecule has 4 heteroatoms. The summed E-state index contributed by atoms with van der Waals surface area (Å²) in [5, 5.41) is 7.73. The van der Waals surface area contributed by atoms with E-state index in [0.717, 1.165) is 23.7 Å². The van der Waals surface area contributed by atoms with Crippen LogP contribution in [0.25, 0.3) is 0 Å². The first-order valence-corrected chi connectivity index (χ1v) is 8.33. The van der Waals surface area contributed by atoms with Crippen LogP contribution in [0.15, 0.2) is 30.6 Å². The fraction of sp³-hybridized carbons (Fsp3) is 0.500. The van der Waals surface area contributed by atoms with Gasteiger partial charge in [0.25, 0.3) is 0 Å². The Hall–Kier alpha value is -1.84. The van der Waals surface area contributed by atoms with E-state index in [0.29, 0.717) is 12.5 Å². The van der Waals surface area contributed by atoms with Gasteiger partial charge in [0.2, 0.25) is 0 Å². The van der Waals surface area contributed by atoms with E-state index in [-0.39, 0.29) is 5.82 Å². The molecule has 2 aliphatic carbocycles. The Kier molecular flexibility index (Phi) is 3.60. The second-order valence-corrected chi connectivity index (χ2v) is 6.68. The number of benzene rings is 1. The van der Waals surface area contributed by atoms with E-state index in [9.17, 15) is 4.39 Å². The van der Waals surface area contributed by atoms with Gasteiger partial charge in [-0.3, -0.25) is 4.68 Å². The highest BCUT2D eigenvalue weighted by Gasteiger charge is 2.27. The van der Waals surface area contributed by atoms with Crippen LogP contribution in [0.4, 0.5) is 10.1 Å². The summed E-state index contributed by atoms with van der Waals surface area (Å²) in [6.45, 7) is 1.54. The van der Waals surface area contributed by atoms with Crippen molar-refractivity contribution < 1.29 is 4.39 Å². The molecule has 0 unspecified atom stereocenters. The highest BCUT2D eigenvalue weighted by molar-refractivity contribution is 5.42. The van der Waals surface area contributed by atoms with E-state index in [1.54, 1.807) is 6.07 Å². The zero-order valence-electron chi connectivity index (χ0n) is 12.8. The number of nitrogens with one attached hydrogen (secondary N) is 1. The van der Waals surface area contributed by atoms with Gasteiger partial charge in [0.05, 0.1) is 11.9 Å². The molecule has 3 nitrogen and oxygen atoms in total. The highest BCUT2D eigenvalue weighted by atomic mass is 19.1. The molecule has 1 heterocycles. The summed E-state index contributed by atoms with van der Waals surface area (Å²) in [4.78, 5) is 0. The Balaban J connectivity index is 1.42. The smallest absolute Gasteiger partial charge is 0.128 e. The van der Waals surface area contributed by atoms with Crippen LogP contribution in [0.5, 0.6) is 0 Å². The van der Waals surface area contributed by atoms with E-state index in [1.807, 2.05) is 23.1 Å². The first kappa shape index (κ1) is 13.8. The van der Waals surface area contributed by atoms with E-state index in [4.69, 9.17) is 0 Å². The SMILES string of the molecule is Fc1cccc(C2CC2)c1CNc1cnn(CC2CCC2)c1. The van der Waals surface area contributed by atoms with E-state index >= 15 is 0 Å². The molecule has 116 valence electrons. The average Bonchev–Trinajstić information content (AvgIpc) is 3.22. The van der Waals surface area contributed by atoms with Gasteiger partial charge < -0.3 is 5.32 Å². The second kappa shape index (κ2) is 5.75. The van der Waals surface area contributed by atoms with E-state index in [1.165, 1.54) is 37.7 Å². The maximum Gasteiger partial charge on any atom is 0.128 e. The summed E-state index contributed by atoms with van der Waals surface area (Å²) in [7, 11) is 0. The number of aromatic nitrogens is 2. The molecule has 0 amide bonds. The fourth-order valence-corrected chi connectivity index (χ4v) is 3.22. The quantitative estimate of drug-likeness (QED) is 0.861. The molecule has 1 N–H and O–H groups in total. The standard InChI is InChI=1S/C18H22FN3/c19-18-6-2-5-16(14-7-8-14)17(18)10-20-15-9-21-22(12-15)11-13-3-1-4-13/h2,5-6,9,12-14,20H,1,3-4,7-8,10-11H2. The van der Waals surface area contributed by atoms with Crippen LogP contribution in [0.3, 0.4) is 0 Å². The zero-order valence-corrected chi connectivity index (χ0v) is 12.8. The van der Waals surface area contributed by atoms with Crippen LogP contribution < -0.4 is 5.32 Å². The first-order valence-electron chi connectivity index (χ1n) is 8.33. The van der Waals surface area contributed by atoms with Gasteiger partial charge in [-0.25, -0.2) is 4.39 Å². The van der Waals surface area contributed by atoms with Crippen molar-refractivity contribution in [2.45, 2.75) is 51.1 Å². The van der Waals surface area contributed by atoms with Crippen molar-refractivity contribution in [3.8, 4) is 0 Å². The lowest BCUT2D eigenvalue weighted by atomic mass is 9.85. The molecule has 0 aliphatic heterocycles. The van der Waals surface area contributed by atoms with Crippen molar-refractivity contribution in [2.24, 2.45) is 5.92 Å². The van der Waals surface area contributed by atoms with Crippen LogP contribution in [0.2, 0.25) is 0 Å². The molecule has 0 bridgehead atoms. The number of hydrogen-bond acceptors (Lipinski definition) is 2. The molecule has 22 heavy (non-hydrogen) atoms. The van der Waals surface area contributed by atoms with Crippen molar-refractivity contribution in [1.29, 1.82) is 0 Å². The summed E-state index contributed by atoms with van der Waals surface area (Å²) in [6.07, 6.45) is 10.3. The highest BCUT2D eigenvalue weighted by Crippen LogP contribution is 2.42. The minimum absolute atomic E-state index is 0.0984. The fourth-order valence-electron chi connectivity index (χ4n) is 3.22. The Morgan fingerprint density at radius 1 is 1.23 bits per heavy atom. The average molecular weight is 299 g/mol. The third-order valence-electron chi connectivity index (χ3n) is 4.94. The van der Waals surface area contributed by atoms with Gasteiger partial charge in [0.15, 0.2) is 0 Å². The van der Waals surface area contributed by atoms with Crippen molar-refractivity contribution in [3.05, 3.63) is 47.5 Å². The number of anilines is 1. The molecule has 1 aromatic carbocycles. The van der Waals surface area contributed by atoms with Crippen LogP contribution >= 0.6 is 0 Å². The summed E-state index contributed by atoms with van der Waals surface area (Å²) in [6, 6.07) is 5.45. The summed E-state index contributed by atoms with van der Waals surface area (Å²) < 4.78 is 16.1. The van der Waals surface area contributed by atoms with Gasteiger partial charge in [0, 0.05) is 24.8 Å². The van der Waals surface area contributed by atoms with Crippen molar-refractivity contribution in [3.63, 3.8) is 0 Å². The number of halogens is 1. The molecular formula is C18H22FN3. The largest absolute Gasteiger partial charge is 0.378 e. The summed E-state index contributed by atoms with van der Waals surface area (Å²) in [5.41, 5.74) is 2.97. The van der Waals surface area contributed by atoms with E-state index in [2.05, 4.69) is 16.5 Å². The number of nitrogens with zero attached hydrogens (tertiary/aromatic N) is 2. The van der Waals surface area contributed by atoms with Crippen LogP contribution in [-0.4, -0.2) is 9.78 Å². The molecule has 2 saturated carbocycles.